The van der Waals surface area contributed by atoms with Crippen LogP contribution in [0.3, 0.4) is 0 Å². The number of likely N-dealkylation sites (N-methyl/N-ethyl adjacent to an activating group) is 1. The minimum Gasteiger partial charge on any atom is -0.347 e. The number of aromatic nitrogens is 1. The lowest BCUT2D eigenvalue weighted by Gasteiger charge is -2.23. The Balaban J connectivity index is 1.97. The first-order chi connectivity index (χ1) is 9.60. The van der Waals surface area contributed by atoms with E-state index in [1.807, 2.05) is 11.3 Å². The fraction of sp³-hybridized carbons (Fsp3) is 0.800. The van der Waals surface area contributed by atoms with Crippen molar-refractivity contribution in [3.63, 3.8) is 0 Å². The van der Waals surface area contributed by atoms with Gasteiger partial charge < -0.3 is 15.1 Å². The molecule has 1 N–H and O–H groups in total. The van der Waals surface area contributed by atoms with Crippen molar-refractivity contribution in [2.75, 3.05) is 38.6 Å². The summed E-state index contributed by atoms with van der Waals surface area (Å²) in [7, 11) is 4.25. The Morgan fingerprint density at radius 1 is 1.25 bits per heavy atom. The van der Waals surface area contributed by atoms with Crippen LogP contribution < -0.4 is 10.2 Å². The molecule has 0 spiro atoms. The minimum absolute atomic E-state index is 0.764. The standard InChI is InChI=1S/C15H28N4S/c1-5-8-19(10-9-18(3)4)15-17-12(2)14(20-15)11-16-13-6-7-13/h13,16H,5-11H2,1-4H3. The Labute approximate surface area is 127 Å². The number of hydrogen-bond acceptors (Lipinski definition) is 5. The molecule has 5 heteroatoms. The Kier molecular flexibility index (Phi) is 5.81. The third-order valence-corrected chi connectivity index (χ3v) is 4.81. The number of rotatable bonds is 9. The molecule has 2 rings (SSSR count). The van der Waals surface area contributed by atoms with Gasteiger partial charge in [0.05, 0.1) is 5.69 Å². The number of nitrogens with zero attached hydrogens (tertiary/aromatic N) is 3. The Morgan fingerprint density at radius 2 is 2.00 bits per heavy atom. The summed E-state index contributed by atoms with van der Waals surface area (Å²) in [6.07, 6.45) is 3.85. The van der Waals surface area contributed by atoms with Crippen LogP contribution >= 0.6 is 11.3 Å². The van der Waals surface area contributed by atoms with Crippen LogP contribution in [-0.4, -0.2) is 49.7 Å². The van der Waals surface area contributed by atoms with Crippen LogP contribution in [0.25, 0.3) is 0 Å². The second-order valence-electron chi connectivity index (χ2n) is 5.95. The molecule has 0 radical (unpaired) electrons. The fourth-order valence-electron chi connectivity index (χ4n) is 2.13. The molecule has 1 aliphatic carbocycles. The molecule has 0 amide bonds. The highest BCUT2D eigenvalue weighted by Crippen LogP contribution is 2.27. The van der Waals surface area contributed by atoms with Crippen molar-refractivity contribution >= 4 is 16.5 Å². The van der Waals surface area contributed by atoms with E-state index < -0.39 is 0 Å². The zero-order valence-electron chi connectivity index (χ0n) is 13.3. The van der Waals surface area contributed by atoms with Gasteiger partial charge in [-0.25, -0.2) is 4.98 Å². The van der Waals surface area contributed by atoms with Gasteiger partial charge in [-0.2, -0.15) is 0 Å². The lowest BCUT2D eigenvalue weighted by molar-refractivity contribution is 0.413. The van der Waals surface area contributed by atoms with E-state index in [0.717, 1.165) is 32.2 Å². The Bertz CT molecular complexity index is 412. The maximum absolute atomic E-state index is 4.79. The van der Waals surface area contributed by atoms with E-state index in [4.69, 9.17) is 4.98 Å². The highest BCUT2D eigenvalue weighted by atomic mass is 32.1. The molecule has 1 aromatic rings. The fourth-order valence-corrected chi connectivity index (χ4v) is 3.19. The molecule has 4 nitrogen and oxygen atoms in total. The normalized spacial score (nSPS) is 15.1. The first kappa shape index (κ1) is 15.7. The smallest absolute Gasteiger partial charge is 0.185 e. The van der Waals surface area contributed by atoms with Crippen molar-refractivity contribution < 1.29 is 0 Å². The van der Waals surface area contributed by atoms with Crippen LogP contribution in [0.2, 0.25) is 0 Å². The van der Waals surface area contributed by atoms with Gasteiger partial charge in [-0.15, -0.1) is 11.3 Å². The molecule has 1 aromatic heterocycles. The molecule has 0 bridgehead atoms. The van der Waals surface area contributed by atoms with E-state index in [9.17, 15) is 0 Å². The average molecular weight is 296 g/mol. The van der Waals surface area contributed by atoms with E-state index >= 15 is 0 Å². The number of hydrogen-bond donors (Lipinski definition) is 1. The van der Waals surface area contributed by atoms with Crippen LogP contribution in [0.1, 0.15) is 36.8 Å². The largest absolute Gasteiger partial charge is 0.347 e. The summed E-state index contributed by atoms with van der Waals surface area (Å²) in [5, 5.41) is 4.79. The summed E-state index contributed by atoms with van der Waals surface area (Å²) in [5.74, 6) is 0. The first-order valence-electron chi connectivity index (χ1n) is 7.69. The molecule has 20 heavy (non-hydrogen) atoms. The third kappa shape index (κ3) is 4.72. The molecule has 1 saturated carbocycles. The van der Waals surface area contributed by atoms with Gasteiger partial charge in [-0.1, -0.05) is 6.92 Å². The molecule has 1 aliphatic rings. The van der Waals surface area contributed by atoms with E-state index in [0.29, 0.717) is 0 Å². The lowest BCUT2D eigenvalue weighted by atomic mass is 10.4. The maximum Gasteiger partial charge on any atom is 0.185 e. The number of thiazole rings is 1. The quantitative estimate of drug-likeness (QED) is 0.758. The second-order valence-corrected chi connectivity index (χ2v) is 7.01. The zero-order valence-corrected chi connectivity index (χ0v) is 14.1. The van der Waals surface area contributed by atoms with Crippen LogP contribution in [0.4, 0.5) is 5.13 Å². The van der Waals surface area contributed by atoms with E-state index in [1.54, 1.807) is 0 Å². The maximum atomic E-state index is 4.79. The number of nitrogens with one attached hydrogen (secondary N) is 1. The van der Waals surface area contributed by atoms with Crippen LogP contribution in [0.5, 0.6) is 0 Å². The van der Waals surface area contributed by atoms with Crippen molar-refractivity contribution in [3.8, 4) is 0 Å². The van der Waals surface area contributed by atoms with Crippen molar-refractivity contribution in [2.24, 2.45) is 0 Å². The molecule has 1 heterocycles. The second kappa shape index (κ2) is 7.38. The zero-order chi connectivity index (χ0) is 14.5. The molecule has 0 unspecified atom stereocenters. The SMILES string of the molecule is CCCN(CCN(C)C)c1nc(C)c(CNC2CC2)s1. The molecular formula is C15H28N4S. The van der Waals surface area contributed by atoms with Gasteiger partial charge in [0.25, 0.3) is 0 Å². The summed E-state index contributed by atoms with van der Waals surface area (Å²) in [6.45, 7) is 8.59. The minimum atomic E-state index is 0.764. The Hall–Kier alpha value is -0.650. The van der Waals surface area contributed by atoms with Crippen LogP contribution in [-0.2, 0) is 6.54 Å². The van der Waals surface area contributed by atoms with E-state index in [1.165, 1.54) is 35.0 Å². The first-order valence-corrected chi connectivity index (χ1v) is 8.51. The van der Waals surface area contributed by atoms with Gasteiger partial charge >= 0.3 is 0 Å². The van der Waals surface area contributed by atoms with Crippen LogP contribution in [0, 0.1) is 6.92 Å². The van der Waals surface area contributed by atoms with Crippen molar-refractivity contribution in [1.29, 1.82) is 0 Å². The van der Waals surface area contributed by atoms with Gasteiger partial charge in [-0.05, 0) is 40.3 Å². The summed E-state index contributed by atoms with van der Waals surface area (Å²) in [6, 6.07) is 0.764. The van der Waals surface area contributed by atoms with E-state index in [2.05, 4.69) is 43.1 Å². The van der Waals surface area contributed by atoms with Crippen LogP contribution in [0.15, 0.2) is 0 Å². The summed E-state index contributed by atoms with van der Waals surface area (Å²) < 4.78 is 0. The molecular weight excluding hydrogens is 268 g/mol. The molecule has 0 aliphatic heterocycles. The highest BCUT2D eigenvalue weighted by Gasteiger charge is 2.21. The molecule has 0 atom stereocenters. The molecule has 114 valence electrons. The summed E-state index contributed by atoms with van der Waals surface area (Å²) in [5.41, 5.74) is 1.20. The lowest BCUT2D eigenvalue weighted by Crippen LogP contribution is -2.32. The predicted octanol–water partition coefficient (Wildman–Crippen LogP) is 2.48. The monoisotopic (exact) mass is 296 g/mol. The topological polar surface area (TPSA) is 31.4 Å². The van der Waals surface area contributed by atoms with Gasteiger partial charge in [0.15, 0.2) is 5.13 Å². The van der Waals surface area contributed by atoms with Gasteiger partial charge in [0.2, 0.25) is 0 Å². The third-order valence-electron chi connectivity index (χ3n) is 3.59. The molecule has 0 aromatic carbocycles. The summed E-state index contributed by atoms with van der Waals surface area (Å²) >= 11 is 1.86. The molecule has 1 fully saturated rings. The van der Waals surface area contributed by atoms with Gasteiger partial charge in [0, 0.05) is 37.1 Å². The highest BCUT2D eigenvalue weighted by molar-refractivity contribution is 7.15. The molecule has 0 saturated heterocycles. The summed E-state index contributed by atoms with van der Waals surface area (Å²) in [4.78, 5) is 10.9. The van der Waals surface area contributed by atoms with Gasteiger partial charge in [-0.3, -0.25) is 0 Å². The van der Waals surface area contributed by atoms with Gasteiger partial charge in [0.1, 0.15) is 0 Å². The van der Waals surface area contributed by atoms with Crippen molar-refractivity contribution in [2.45, 2.75) is 45.7 Å². The number of anilines is 1. The number of aryl methyl sites for hydroxylation is 1. The Morgan fingerprint density at radius 3 is 2.60 bits per heavy atom. The average Bonchev–Trinajstić information content (AvgIpc) is 3.15. The van der Waals surface area contributed by atoms with Crippen molar-refractivity contribution in [3.05, 3.63) is 10.6 Å². The van der Waals surface area contributed by atoms with Crippen molar-refractivity contribution in [1.82, 2.24) is 15.2 Å². The predicted molar refractivity (Wildman–Crippen MR) is 87.8 cm³/mol. The van der Waals surface area contributed by atoms with E-state index in [-0.39, 0.29) is 0 Å².